The number of carbonyl (C=O) groups excluding carboxylic acids is 1. The second kappa shape index (κ2) is 4.91. The van der Waals surface area contributed by atoms with Crippen molar-refractivity contribution >= 4 is 5.97 Å². The van der Waals surface area contributed by atoms with E-state index in [1.165, 1.54) is 16.7 Å². The van der Waals surface area contributed by atoms with Gasteiger partial charge >= 0.3 is 5.97 Å². The van der Waals surface area contributed by atoms with Gasteiger partial charge in [-0.05, 0) is 43.2 Å². The highest BCUT2D eigenvalue weighted by molar-refractivity contribution is 5.71. The summed E-state index contributed by atoms with van der Waals surface area (Å²) in [5.41, 5.74) is 4.03. The minimum atomic E-state index is -0.0703. The van der Waals surface area contributed by atoms with Crippen LogP contribution in [0.2, 0.25) is 0 Å². The van der Waals surface area contributed by atoms with Crippen LogP contribution in [0.4, 0.5) is 0 Å². The molecule has 0 saturated heterocycles. The van der Waals surface area contributed by atoms with E-state index in [4.69, 9.17) is 4.74 Å². The molecule has 17 heavy (non-hydrogen) atoms. The summed E-state index contributed by atoms with van der Waals surface area (Å²) in [7, 11) is 0. The minimum Gasteiger partial charge on any atom is -0.466 e. The maximum absolute atomic E-state index is 11.6. The van der Waals surface area contributed by atoms with E-state index >= 15 is 0 Å². The molecular formula is C15H20O2. The molecule has 0 saturated carbocycles. The highest BCUT2D eigenvalue weighted by atomic mass is 16.5. The molecule has 1 aliphatic rings. The van der Waals surface area contributed by atoms with Gasteiger partial charge in [0.15, 0.2) is 0 Å². The van der Waals surface area contributed by atoms with Gasteiger partial charge in [-0.1, -0.05) is 30.7 Å². The van der Waals surface area contributed by atoms with E-state index in [1.807, 2.05) is 6.92 Å². The zero-order valence-electron chi connectivity index (χ0n) is 10.8. The highest BCUT2D eigenvalue weighted by Gasteiger charge is 2.29. The third-order valence-electron chi connectivity index (χ3n) is 3.57. The fourth-order valence-electron chi connectivity index (χ4n) is 2.79. The van der Waals surface area contributed by atoms with Crippen LogP contribution in [0, 0.1) is 6.92 Å². The first kappa shape index (κ1) is 12.2. The van der Waals surface area contributed by atoms with Crippen molar-refractivity contribution in [1.29, 1.82) is 0 Å². The molecule has 0 spiro atoms. The molecule has 0 amide bonds. The quantitative estimate of drug-likeness (QED) is 0.745. The topological polar surface area (TPSA) is 26.3 Å². The first-order valence-corrected chi connectivity index (χ1v) is 6.38. The zero-order chi connectivity index (χ0) is 12.4. The van der Waals surface area contributed by atoms with Crippen LogP contribution < -0.4 is 0 Å². The van der Waals surface area contributed by atoms with Gasteiger partial charge in [-0.3, -0.25) is 4.79 Å². The summed E-state index contributed by atoms with van der Waals surface area (Å²) >= 11 is 0. The normalized spacial score (nSPS) is 22.3. The van der Waals surface area contributed by atoms with Gasteiger partial charge in [-0.2, -0.15) is 0 Å². The predicted molar refractivity (Wildman–Crippen MR) is 68.2 cm³/mol. The summed E-state index contributed by atoms with van der Waals surface area (Å²) < 4.78 is 5.05. The molecule has 0 bridgehead atoms. The fourth-order valence-corrected chi connectivity index (χ4v) is 2.79. The maximum Gasteiger partial charge on any atom is 0.306 e. The molecule has 2 nitrogen and oxygen atoms in total. The summed E-state index contributed by atoms with van der Waals surface area (Å²) in [6.45, 7) is 6.67. The first-order valence-electron chi connectivity index (χ1n) is 6.38. The number of hydrogen-bond donors (Lipinski definition) is 0. The van der Waals surface area contributed by atoms with Crippen molar-refractivity contribution in [2.45, 2.75) is 45.4 Å². The van der Waals surface area contributed by atoms with Crippen molar-refractivity contribution in [3.05, 3.63) is 34.9 Å². The molecule has 0 unspecified atom stereocenters. The van der Waals surface area contributed by atoms with E-state index in [2.05, 4.69) is 32.0 Å². The lowest BCUT2D eigenvalue weighted by Crippen LogP contribution is -2.08. The van der Waals surface area contributed by atoms with Gasteiger partial charge in [0.2, 0.25) is 0 Å². The monoisotopic (exact) mass is 232 g/mol. The zero-order valence-corrected chi connectivity index (χ0v) is 10.8. The highest BCUT2D eigenvalue weighted by Crippen LogP contribution is 2.43. The Balaban J connectivity index is 2.18. The fraction of sp³-hybridized carbons (Fsp3) is 0.533. The largest absolute Gasteiger partial charge is 0.466 e. The van der Waals surface area contributed by atoms with E-state index in [1.54, 1.807) is 0 Å². The molecule has 0 radical (unpaired) electrons. The Morgan fingerprint density at radius 2 is 2.18 bits per heavy atom. The number of benzene rings is 1. The summed E-state index contributed by atoms with van der Waals surface area (Å²) in [5, 5.41) is 0. The predicted octanol–water partition coefficient (Wildman–Crippen LogP) is 3.54. The lowest BCUT2D eigenvalue weighted by molar-refractivity contribution is -0.143. The molecule has 0 fully saturated rings. The molecule has 1 aromatic rings. The molecule has 2 heteroatoms. The molecule has 0 aliphatic heterocycles. The Morgan fingerprint density at radius 3 is 2.88 bits per heavy atom. The molecule has 0 heterocycles. The number of rotatable bonds is 3. The SMILES string of the molecule is CCOC(=O)C[C@@H]1C[C@H](C)c2ccc(C)cc21. The molecule has 1 aromatic carbocycles. The number of carbonyl (C=O) groups is 1. The average molecular weight is 232 g/mol. The smallest absolute Gasteiger partial charge is 0.306 e. The van der Waals surface area contributed by atoms with Gasteiger partial charge in [0.25, 0.3) is 0 Å². The van der Waals surface area contributed by atoms with Crippen molar-refractivity contribution in [2.24, 2.45) is 0 Å². The Bertz CT molecular complexity index is 423. The van der Waals surface area contributed by atoms with E-state index in [9.17, 15) is 4.79 Å². The molecule has 92 valence electrons. The van der Waals surface area contributed by atoms with Crippen LogP contribution in [0.1, 0.15) is 55.2 Å². The summed E-state index contributed by atoms with van der Waals surface area (Å²) in [4.78, 5) is 11.6. The van der Waals surface area contributed by atoms with Crippen molar-refractivity contribution in [3.8, 4) is 0 Å². The van der Waals surface area contributed by atoms with Crippen molar-refractivity contribution in [3.63, 3.8) is 0 Å². The van der Waals surface area contributed by atoms with E-state index < -0.39 is 0 Å². The number of ether oxygens (including phenoxy) is 1. The Labute approximate surface area is 103 Å². The molecule has 2 atom stereocenters. The number of fused-ring (bicyclic) bond motifs is 1. The second-order valence-corrected chi connectivity index (χ2v) is 4.98. The Hall–Kier alpha value is -1.31. The van der Waals surface area contributed by atoms with Crippen LogP contribution in [0.25, 0.3) is 0 Å². The minimum absolute atomic E-state index is 0.0703. The van der Waals surface area contributed by atoms with Gasteiger partial charge in [0.05, 0.1) is 13.0 Å². The second-order valence-electron chi connectivity index (χ2n) is 4.98. The van der Waals surface area contributed by atoms with Crippen LogP contribution in [0.3, 0.4) is 0 Å². The molecule has 0 aromatic heterocycles. The van der Waals surface area contributed by atoms with Gasteiger partial charge in [-0.25, -0.2) is 0 Å². The third kappa shape index (κ3) is 2.51. The molecule has 0 N–H and O–H groups in total. The van der Waals surface area contributed by atoms with Gasteiger partial charge in [0.1, 0.15) is 0 Å². The first-order chi connectivity index (χ1) is 8.11. The maximum atomic E-state index is 11.6. The van der Waals surface area contributed by atoms with Crippen molar-refractivity contribution < 1.29 is 9.53 Å². The summed E-state index contributed by atoms with van der Waals surface area (Å²) in [5.74, 6) is 0.836. The summed E-state index contributed by atoms with van der Waals surface area (Å²) in [6, 6.07) is 6.59. The molecular weight excluding hydrogens is 212 g/mol. The Kier molecular flexibility index (Phi) is 3.51. The van der Waals surface area contributed by atoms with Gasteiger partial charge in [-0.15, -0.1) is 0 Å². The van der Waals surface area contributed by atoms with Crippen molar-refractivity contribution in [2.75, 3.05) is 6.61 Å². The molecule has 1 aliphatic carbocycles. The number of esters is 1. The lowest BCUT2D eigenvalue weighted by Gasteiger charge is -2.11. The standard InChI is InChI=1S/C15H20O2/c1-4-17-15(16)9-12-8-11(3)13-6-5-10(2)7-14(12)13/h5-7,11-12H,4,8-9H2,1-3H3/t11-,12-/m0/s1. The van der Waals surface area contributed by atoms with Gasteiger partial charge < -0.3 is 4.74 Å². The third-order valence-corrected chi connectivity index (χ3v) is 3.57. The number of aryl methyl sites for hydroxylation is 1. The number of hydrogen-bond acceptors (Lipinski definition) is 2. The lowest BCUT2D eigenvalue weighted by atomic mass is 9.96. The van der Waals surface area contributed by atoms with Crippen LogP contribution in [0.5, 0.6) is 0 Å². The average Bonchev–Trinajstić information content (AvgIpc) is 2.55. The molecule has 2 rings (SSSR count). The van der Waals surface area contributed by atoms with E-state index in [0.717, 1.165) is 6.42 Å². The van der Waals surface area contributed by atoms with Crippen LogP contribution in [-0.4, -0.2) is 12.6 Å². The van der Waals surface area contributed by atoms with E-state index in [-0.39, 0.29) is 5.97 Å². The van der Waals surface area contributed by atoms with Crippen LogP contribution in [0.15, 0.2) is 18.2 Å². The van der Waals surface area contributed by atoms with Crippen molar-refractivity contribution in [1.82, 2.24) is 0 Å². The Morgan fingerprint density at radius 1 is 1.41 bits per heavy atom. The summed E-state index contributed by atoms with van der Waals surface area (Å²) in [6.07, 6.45) is 1.59. The van der Waals surface area contributed by atoms with Gasteiger partial charge in [0, 0.05) is 0 Å². The van der Waals surface area contributed by atoms with Crippen LogP contribution in [-0.2, 0) is 9.53 Å². The van der Waals surface area contributed by atoms with E-state index in [0.29, 0.717) is 24.9 Å². The van der Waals surface area contributed by atoms with Crippen LogP contribution >= 0.6 is 0 Å².